The highest BCUT2D eigenvalue weighted by Crippen LogP contribution is 2.14. The fourth-order valence-electron chi connectivity index (χ4n) is 1.56. The van der Waals surface area contributed by atoms with Crippen molar-refractivity contribution in [2.24, 2.45) is 5.14 Å². The number of carbonyl (C=O) groups is 1. The molecule has 3 N–H and O–H groups in total. The van der Waals surface area contributed by atoms with Gasteiger partial charge in [0.15, 0.2) is 0 Å². The van der Waals surface area contributed by atoms with Crippen LogP contribution in [0, 0.1) is 5.82 Å². The van der Waals surface area contributed by atoms with E-state index in [0.717, 1.165) is 6.07 Å². The van der Waals surface area contributed by atoms with Gasteiger partial charge in [-0.1, -0.05) is 6.07 Å². The largest absolute Gasteiger partial charge is 0.322 e. The molecule has 5 nitrogen and oxygen atoms in total. The van der Waals surface area contributed by atoms with Crippen molar-refractivity contribution in [3.05, 3.63) is 59.9 Å². The number of amides is 1. The van der Waals surface area contributed by atoms with E-state index in [9.17, 15) is 17.6 Å². The Labute approximate surface area is 115 Å². The van der Waals surface area contributed by atoms with Gasteiger partial charge < -0.3 is 5.32 Å². The summed E-state index contributed by atoms with van der Waals surface area (Å²) < 4.78 is 35.1. The van der Waals surface area contributed by atoms with E-state index in [1.54, 1.807) is 0 Å². The minimum absolute atomic E-state index is 0.0544. The van der Waals surface area contributed by atoms with Gasteiger partial charge in [0.25, 0.3) is 5.91 Å². The van der Waals surface area contributed by atoms with Gasteiger partial charge in [-0.15, -0.1) is 0 Å². The minimum atomic E-state index is -3.77. The minimum Gasteiger partial charge on any atom is -0.322 e. The van der Waals surface area contributed by atoms with Crippen molar-refractivity contribution in [3.63, 3.8) is 0 Å². The summed E-state index contributed by atoms with van der Waals surface area (Å²) in [7, 11) is -3.77. The van der Waals surface area contributed by atoms with Crippen LogP contribution in [0.15, 0.2) is 53.4 Å². The van der Waals surface area contributed by atoms with Crippen molar-refractivity contribution in [1.82, 2.24) is 0 Å². The molecule has 0 saturated heterocycles. The third-order valence-electron chi connectivity index (χ3n) is 2.53. The Morgan fingerprint density at radius 2 is 1.75 bits per heavy atom. The Morgan fingerprint density at radius 1 is 1.10 bits per heavy atom. The molecule has 0 unspecified atom stereocenters. The number of nitrogens with two attached hydrogens (primary N) is 1. The Balaban J connectivity index is 2.16. The van der Waals surface area contributed by atoms with Gasteiger partial charge in [-0.3, -0.25) is 4.79 Å². The SMILES string of the molecule is NS(=O)(=O)c1ccc(NC(=O)c2cccc(F)c2)cc1. The highest BCUT2D eigenvalue weighted by atomic mass is 32.2. The van der Waals surface area contributed by atoms with E-state index in [0.29, 0.717) is 5.69 Å². The number of rotatable bonds is 3. The Bertz CT molecular complexity index is 742. The molecule has 0 aliphatic heterocycles. The summed E-state index contributed by atoms with van der Waals surface area (Å²) in [6.07, 6.45) is 0. The van der Waals surface area contributed by atoms with Gasteiger partial charge >= 0.3 is 0 Å². The normalized spacial score (nSPS) is 11.1. The molecule has 0 aromatic heterocycles. The maximum absolute atomic E-state index is 13.0. The molecule has 0 spiro atoms. The lowest BCUT2D eigenvalue weighted by Gasteiger charge is -2.06. The molecule has 0 aliphatic carbocycles. The van der Waals surface area contributed by atoms with Crippen LogP contribution in [0.3, 0.4) is 0 Å². The van der Waals surface area contributed by atoms with Gasteiger partial charge in [-0.2, -0.15) is 0 Å². The van der Waals surface area contributed by atoms with E-state index >= 15 is 0 Å². The molecular formula is C13H11FN2O3S. The summed E-state index contributed by atoms with van der Waals surface area (Å²) in [5.74, 6) is -1.00. The zero-order valence-electron chi connectivity index (χ0n) is 10.2. The fourth-order valence-corrected chi connectivity index (χ4v) is 2.08. The van der Waals surface area contributed by atoms with Crippen LogP contribution in [0.1, 0.15) is 10.4 Å². The Kier molecular flexibility index (Phi) is 3.82. The average Bonchev–Trinajstić information content (AvgIpc) is 2.38. The highest BCUT2D eigenvalue weighted by molar-refractivity contribution is 7.89. The maximum atomic E-state index is 13.0. The first-order valence-corrected chi connectivity index (χ1v) is 7.11. The van der Waals surface area contributed by atoms with Crippen LogP contribution in [0.4, 0.5) is 10.1 Å². The lowest BCUT2D eigenvalue weighted by atomic mass is 10.2. The quantitative estimate of drug-likeness (QED) is 0.903. The van der Waals surface area contributed by atoms with Crippen molar-refractivity contribution >= 4 is 21.6 Å². The zero-order chi connectivity index (χ0) is 14.8. The van der Waals surface area contributed by atoms with Gasteiger partial charge in [0.05, 0.1) is 4.90 Å². The van der Waals surface area contributed by atoms with Crippen LogP contribution in [0.2, 0.25) is 0 Å². The second-order valence-electron chi connectivity index (χ2n) is 4.03. The molecule has 20 heavy (non-hydrogen) atoms. The lowest BCUT2D eigenvalue weighted by Crippen LogP contribution is -2.14. The smallest absolute Gasteiger partial charge is 0.255 e. The molecule has 2 rings (SSSR count). The van der Waals surface area contributed by atoms with Gasteiger partial charge in [0, 0.05) is 11.3 Å². The zero-order valence-corrected chi connectivity index (χ0v) is 11.0. The molecule has 7 heteroatoms. The number of hydrogen-bond donors (Lipinski definition) is 2. The summed E-state index contributed by atoms with van der Waals surface area (Å²) in [5.41, 5.74) is 0.548. The van der Waals surface area contributed by atoms with Crippen molar-refractivity contribution < 1.29 is 17.6 Å². The van der Waals surface area contributed by atoms with Crippen LogP contribution in [0.25, 0.3) is 0 Å². The summed E-state index contributed by atoms with van der Waals surface area (Å²) in [4.78, 5) is 11.8. The van der Waals surface area contributed by atoms with Crippen LogP contribution in [-0.2, 0) is 10.0 Å². The molecule has 0 atom stereocenters. The molecule has 2 aromatic rings. The molecule has 104 valence electrons. The van der Waals surface area contributed by atoms with Gasteiger partial charge in [-0.25, -0.2) is 17.9 Å². The number of sulfonamides is 1. The standard InChI is InChI=1S/C13H11FN2O3S/c14-10-3-1-2-9(8-10)13(17)16-11-4-6-12(7-5-11)20(15,18)19/h1-8H,(H,16,17)(H2,15,18,19). The number of hydrogen-bond acceptors (Lipinski definition) is 3. The molecule has 0 aliphatic rings. The number of primary sulfonamides is 1. The van der Waals surface area contributed by atoms with E-state index in [-0.39, 0.29) is 10.5 Å². The Morgan fingerprint density at radius 3 is 2.30 bits per heavy atom. The molecule has 2 aromatic carbocycles. The predicted molar refractivity (Wildman–Crippen MR) is 72.2 cm³/mol. The summed E-state index contributed by atoms with van der Waals surface area (Å²) in [6, 6.07) is 10.6. The maximum Gasteiger partial charge on any atom is 0.255 e. The van der Waals surface area contributed by atoms with Crippen LogP contribution in [0.5, 0.6) is 0 Å². The number of carbonyl (C=O) groups excluding carboxylic acids is 1. The van der Waals surface area contributed by atoms with Crippen molar-refractivity contribution in [2.75, 3.05) is 5.32 Å². The predicted octanol–water partition coefficient (Wildman–Crippen LogP) is 1.73. The number of anilines is 1. The molecular weight excluding hydrogens is 283 g/mol. The van der Waals surface area contributed by atoms with Gasteiger partial charge in [0.2, 0.25) is 10.0 Å². The first kappa shape index (κ1) is 14.2. The molecule has 0 fully saturated rings. The second kappa shape index (κ2) is 5.40. The van der Waals surface area contributed by atoms with E-state index in [2.05, 4.69) is 5.32 Å². The topological polar surface area (TPSA) is 89.3 Å². The second-order valence-corrected chi connectivity index (χ2v) is 5.60. The van der Waals surface area contributed by atoms with Gasteiger partial charge in [0.1, 0.15) is 5.82 Å². The van der Waals surface area contributed by atoms with Gasteiger partial charge in [-0.05, 0) is 42.5 Å². The molecule has 0 radical (unpaired) electrons. The van der Waals surface area contributed by atoms with Crippen molar-refractivity contribution in [3.8, 4) is 0 Å². The molecule has 0 saturated carbocycles. The van der Waals surface area contributed by atoms with Crippen molar-refractivity contribution in [1.29, 1.82) is 0 Å². The Hall–Kier alpha value is -2.25. The summed E-state index contributed by atoms with van der Waals surface area (Å²) in [5, 5.41) is 7.48. The number of nitrogens with one attached hydrogen (secondary N) is 1. The number of benzene rings is 2. The average molecular weight is 294 g/mol. The van der Waals surface area contributed by atoms with E-state index in [4.69, 9.17) is 5.14 Å². The van der Waals surface area contributed by atoms with E-state index in [1.807, 2.05) is 0 Å². The first-order chi connectivity index (χ1) is 9.36. The highest BCUT2D eigenvalue weighted by Gasteiger charge is 2.09. The monoisotopic (exact) mass is 294 g/mol. The molecule has 1 amide bonds. The number of halogens is 1. The third-order valence-corrected chi connectivity index (χ3v) is 3.46. The third kappa shape index (κ3) is 3.40. The van der Waals surface area contributed by atoms with Crippen LogP contribution in [-0.4, -0.2) is 14.3 Å². The summed E-state index contributed by atoms with van der Waals surface area (Å²) >= 11 is 0. The lowest BCUT2D eigenvalue weighted by molar-refractivity contribution is 0.102. The fraction of sp³-hybridized carbons (Fsp3) is 0. The van der Waals surface area contributed by atoms with Crippen molar-refractivity contribution in [2.45, 2.75) is 4.90 Å². The summed E-state index contributed by atoms with van der Waals surface area (Å²) in [6.45, 7) is 0. The van der Waals surface area contributed by atoms with E-state index < -0.39 is 21.7 Å². The van der Waals surface area contributed by atoms with E-state index in [1.165, 1.54) is 42.5 Å². The van der Waals surface area contributed by atoms with Crippen LogP contribution >= 0.6 is 0 Å². The first-order valence-electron chi connectivity index (χ1n) is 5.56. The van der Waals surface area contributed by atoms with Crippen LogP contribution < -0.4 is 10.5 Å². The molecule has 0 bridgehead atoms. The molecule has 0 heterocycles.